The third kappa shape index (κ3) is 17.9. The first kappa shape index (κ1) is 83.8. The standard InChI is InChI=1S/2C43H56FN3O9S/c2*1-26-11-6-7-12-28-22-43(28,40(51)46-57(52,53)42(25-44)16-17-42)23-35(48)34-20-29(24-47(34)39(50)32(27(2)19-26)21-36(49)56-41(3,4)5)55-38-31-14-9-8-13-30(31)37-33(45-38)15-10-18-54-37/h2*7-9,12-14,26-29,32,34H,6,10-11,15-25H2,1-5H3,(H,46,51)/b2*12-7-/t26-,27+,28+,29+,32-,34-,43+;26-,27-,28-,29-,32+,34+,43-/m01/s1. The van der Waals surface area contributed by atoms with Gasteiger partial charge >= 0.3 is 11.9 Å². The van der Waals surface area contributed by atoms with E-state index in [4.69, 9.17) is 38.4 Å². The lowest BCUT2D eigenvalue weighted by Gasteiger charge is -2.32. The topological polar surface area (TPSA) is 317 Å². The number of fused-ring (bicyclic) bond motifs is 10. The van der Waals surface area contributed by atoms with Gasteiger partial charge in [-0.1, -0.05) is 88.4 Å². The summed E-state index contributed by atoms with van der Waals surface area (Å²) >= 11 is 0. The Morgan fingerprint density at radius 2 is 0.921 bits per heavy atom. The average molecular weight is 1620 g/mol. The first-order valence-electron chi connectivity index (χ1n) is 41.0. The number of allylic oxidation sites excluding steroid dienone is 4. The molecular weight excluding hydrogens is 1510 g/mol. The summed E-state index contributed by atoms with van der Waals surface area (Å²) in [4.78, 5) is 127. The highest BCUT2D eigenvalue weighted by molar-refractivity contribution is 7.92. The van der Waals surface area contributed by atoms with Gasteiger partial charge in [-0.3, -0.25) is 47.8 Å². The van der Waals surface area contributed by atoms with Crippen molar-refractivity contribution in [1.82, 2.24) is 29.2 Å². The second-order valence-electron chi connectivity index (χ2n) is 36.5. The zero-order valence-electron chi connectivity index (χ0n) is 67.4. The predicted molar refractivity (Wildman–Crippen MR) is 421 cm³/mol. The minimum Gasteiger partial charge on any atom is -0.491 e. The molecule has 2 N–H and O–H groups in total. The number of benzene rings is 2. The molecule has 6 aliphatic heterocycles. The van der Waals surface area contributed by atoms with Crippen molar-refractivity contribution in [3.63, 3.8) is 0 Å². The Hall–Kier alpha value is -8.14. The molecule has 0 spiro atoms. The van der Waals surface area contributed by atoms with Crippen LogP contribution in [0.4, 0.5) is 8.78 Å². The molecule has 0 radical (unpaired) electrons. The number of sulfonamides is 2. The number of hydrogen-bond acceptors (Lipinski definition) is 20. The number of ketones is 2. The summed E-state index contributed by atoms with van der Waals surface area (Å²) in [6.45, 7) is 17.8. The van der Waals surface area contributed by atoms with Crippen molar-refractivity contribution in [3.05, 3.63) is 84.2 Å². The molecule has 0 unspecified atom stereocenters. The lowest BCUT2D eigenvalue weighted by atomic mass is 9.82. The van der Waals surface area contributed by atoms with Crippen molar-refractivity contribution >= 4 is 88.7 Å². The van der Waals surface area contributed by atoms with Crippen LogP contribution in [0.2, 0.25) is 0 Å². The van der Waals surface area contributed by atoms with Crippen molar-refractivity contribution in [1.29, 1.82) is 0 Å². The first-order chi connectivity index (χ1) is 53.9. The molecule has 2 aromatic carbocycles. The number of nitrogens with one attached hydrogen (secondary N) is 2. The van der Waals surface area contributed by atoms with Gasteiger partial charge in [-0.25, -0.2) is 35.6 Å². The highest BCUT2D eigenvalue weighted by atomic mass is 32.2. The number of carbonyl (C=O) groups is 8. The number of Topliss-reactive ketones (excluding diaryl/α,β-unsaturated/α-hetero) is 2. The zero-order chi connectivity index (χ0) is 81.8. The van der Waals surface area contributed by atoms with Gasteiger partial charge in [0.25, 0.3) is 0 Å². The van der Waals surface area contributed by atoms with E-state index in [9.17, 15) is 64.0 Å². The minimum atomic E-state index is -4.34. The average Bonchev–Trinajstić information content (AvgIpc) is 1.56. The lowest BCUT2D eigenvalue weighted by Crippen LogP contribution is -2.48. The van der Waals surface area contributed by atoms with E-state index in [-0.39, 0.29) is 126 Å². The van der Waals surface area contributed by atoms with Crippen LogP contribution in [-0.2, 0) is 80.7 Å². The molecular formula is C86H112F2N6O18S2. The number of alkyl halides is 2. The maximum absolute atomic E-state index is 14.9. The Kier molecular flexibility index (Phi) is 24.1. The van der Waals surface area contributed by atoms with Crippen LogP contribution in [0.25, 0.3) is 21.5 Å². The van der Waals surface area contributed by atoms with Crippen molar-refractivity contribution in [2.24, 2.45) is 58.2 Å². The number of halogens is 2. The van der Waals surface area contributed by atoms with Crippen molar-refractivity contribution in [2.75, 3.05) is 39.7 Å². The molecule has 620 valence electrons. The zero-order valence-corrected chi connectivity index (χ0v) is 69.0. The van der Waals surface area contributed by atoms with Crippen LogP contribution in [0.15, 0.2) is 72.8 Å². The molecule has 14 atom stereocenters. The number of esters is 2. The van der Waals surface area contributed by atoms with E-state index in [0.717, 1.165) is 70.1 Å². The molecule has 4 amide bonds. The highest BCUT2D eigenvalue weighted by Gasteiger charge is 2.66. The maximum atomic E-state index is 14.9. The fraction of sp³-hybridized carbons (Fsp3) is 0.651. The van der Waals surface area contributed by atoms with E-state index < -0.39 is 148 Å². The molecule has 6 fully saturated rings. The Labute approximate surface area is 667 Å². The van der Waals surface area contributed by atoms with Crippen LogP contribution >= 0.6 is 0 Å². The van der Waals surface area contributed by atoms with Gasteiger partial charge in [0.05, 0.1) is 85.3 Å². The highest BCUT2D eigenvalue weighted by Crippen LogP contribution is 2.60. The van der Waals surface area contributed by atoms with E-state index in [0.29, 0.717) is 63.5 Å². The number of hydrogen-bond donors (Lipinski definition) is 2. The molecule has 0 bridgehead atoms. The first-order valence-corrected chi connectivity index (χ1v) is 44.0. The molecule has 24 nitrogen and oxygen atoms in total. The van der Waals surface area contributed by atoms with Crippen LogP contribution in [0, 0.1) is 58.2 Å². The number of nitrogens with zero attached hydrogens (tertiary/aromatic N) is 4. The van der Waals surface area contributed by atoms with Crippen molar-refractivity contribution < 1.29 is 92.4 Å². The molecule has 4 aliphatic carbocycles. The second-order valence-corrected chi connectivity index (χ2v) is 40.7. The summed E-state index contributed by atoms with van der Waals surface area (Å²) < 4.78 is 119. The lowest BCUT2D eigenvalue weighted by molar-refractivity contribution is -0.160. The number of ether oxygens (including phenoxy) is 6. The summed E-state index contributed by atoms with van der Waals surface area (Å²) in [7, 11) is -8.67. The van der Waals surface area contributed by atoms with E-state index in [2.05, 4.69) is 23.3 Å². The number of carbonyl (C=O) groups excluding carboxylic acids is 8. The monoisotopic (exact) mass is 1620 g/mol. The van der Waals surface area contributed by atoms with Crippen LogP contribution in [-0.4, -0.2) is 168 Å². The number of amides is 4. The fourth-order valence-corrected chi connectivity index (χ4v) is 21.0. The molecule has 4 aromatic rings. The number of aryl methyl sites for hydroxylation is 2. The van der Waals surface area contributed by atoms with Crippen LogP contribution in [0.3, 0.4) is 0 Å². The molecule has 28 heteroatoms. The van der Waals surface area contributed by atoms with Gasteiger partial charge in [-0.2, -0.15) is 0 Å². The summed E-state index contributed by atoms with van der Waals surface area (Å²) in [5.41, 5.74) is -2.76. The summed E-state index contributed by atoms with van der Waals surface area (Å²) in [5.74, 6) is -4.62. The van der Waals surface area contributed by atoms with Crippen molar-refractivity contribution in [2.45, 2.75) is 255 Å². The van der Waals surface area contributed by atoms with E-state index >= 15 is 0 Å². The molecule has 8 heterocycles. The largest absolute Gasteiger partial charge is 0.491 e. The Balaban J connectivity index is 0.000000199. The van der Waals surface area contributed by atoms with Crippen LogP contribution in [0.1, 0.15) is 209 Å². The summed E-state index contributed by atoms with van der Waals surface area (Å²) in [6, 6.07) is 13.2. The van der Waals surface area contributed by atoms with Gasteiger partial charge in [-0.05, 0) is 192 Å². The van der Waals surface area contributed by atoms with Gasteiger partial charge < -0.3 is 38.2 Å². The molecule has 2 aromatic heterocycles. The summed E-state index contributed by atoms with van der Waals surface area (Å²) in [5, 5.41) is 3.18. The summed E-state index contributed by atoms with van der Waals surface area (Å²) in [6.07, 6.45) is 13.7. The Morgan fingerprint density at radius 1 is 0.553 bits per heavy atom. The number of aromatic nitrogens is 2. The quantitative estimate of drug-likeness (QED) is 0.0777. The van der Waals surface area contributed by atoms with E-state index in [1.54, 1.807) is 41.5 Å². The third-order valence-electron chi connectivity index (χ3n) is 25.2. The minimum absolute atomic E-state index is 0.0296. The normalized spacial score (nSPS) is 30.7. The van der Waals surface area contributed by atoms with Crippen LogP contribution in [0.5, 0.6) is 23.3 Å². The molecule has 114 heavy (non-hydrogen) atoms. The van der Waals surface area contributed by atoms with E-state index in [1.807, 2.05) is 86.7 Å². The molecule has 14 rings (SSSR count). The smallest absolute Gasteiger partial charge is 0.307 e. The fourth-order valence-electron chi connectivity index (χ4n) is 18.1. The van der Waals surface area contributed by atoms with Gasteiger partial charge in [0.2, 0.25) is 55.4 Å². The van der Waals surface area contributed by atoms with E-state index in [1.165, 1.54) is 9.80 Å². The van der Waals surface area contributed by atoms with Gasteiger partial charge in [0, 0.05) is 47.2 Å². The molecule has 4 saturated carbocycles. The van der Waals surface area contributed by atoms with Gasteiger partial charge in [-0.15, -0.1) is 0 Å². The Bertz CT molecular complexity index is 4410. The second kappa shape index (κ2) is 32.7. The molecule has 2 saturated heterocycles. The number of rotatable bonds is 16. The third-order valence-corrected chi connectivity index (χ3v) is 29.4. The van der Waals surface area contributed by atoms with Crippen molar-refractivity contribution in [3.8, 4) is 23.3 Å². The number of pyridine rings is 2. The molecule has 10 aliphatic rings. The van der Waals surface area contributed by atoms with Crippen LogP contribution < -0.4 is 28.4 Å². The maximum Gasteiger partial charge on any atom is 0.307 e. The predicted octanol–water partition coefficient (Wildman–Crippen LogP) is 12.4. The Morgan fingerprint density at radius 3 is 1.27 bits per heavy atom. The van der Waals surface area contributed by atoms with Gasteiger partial charge in [0.15, 0.2) is 11.6 Å². The van der Waals surface area contributed by atoms with Gasteiger partial charge in [0.1, 0.15) is 57.8 Å². The SMILES string of the molecule is C[C@@H]1CC/C=C\[C@@H]2C[C@@]2(C(=O)NS(=O)(=O)C2(CF)CC2)CC(=O)[C@@H]2C[C@@H](Oc3nc4c(c5ccccc35)OCCC4)CN2C(=O)[C@@H](CC(=O)OC(C)(C)C)[C@H](C)C1.C[C@H]1CC/C=C\[C@@H]2C[C@@]2(C(=O)NS(=O)(=O)C2(CF)CC2)CC(=O)[C@@H]2C[C@@H](Oc3nc4c(c5ccccc35)OCCC4)CN2C(=O)[C@@H](CC(=O)OC(C)(C)C)[C@H](C)C1.